The third-order valence-electron chi connectivity index (χ3n) is 6.05. The van der Waals surface area contributed by atoms with Crippen LogP contribution in [0.4, 0.5) is 25.3 Å². The van der Waals surface area contributed by atoms with Gasteiger partial charge in [0.1, 0.15) is 6.04 Å². The summed E-state index contributed by atoms with van der Waals surface area (Å²) in [7, 11) is 1.30. The molecule has 0 bridgehead atoms. The summed E-state index contributed by atoms with van der Waals surface area (Å²) >= 11 is 0. The normalized spacial score (nSPS) is 18.0. The van der Waals surface area contributed by atoms with Gasteiger partial charge in [0.05, 0.1) is 19.0 Å². The maximum atomic E-state index is 14.9. The fraction of sp³-hybridized carbons (Fsp3) is 0.625. The first-order chi connectivity index (χ1) is 18.9. The zero-order valence-electron chi connectivity index (χ0n) is 23.9. The van der Waals surface area contributed by atoms with Crippen molar-refractivity contribution in [2.45, 2.75) is 58.1 Å². The molecule has 41 heavy (non-hydrogen) atoms. The van der Waals surface area contributed by atoms with Crippen LogP contribution in [-0.4, -0.2) is 88.8 Å². The van der Waals surface area contributed by atoms with E-state index < -0.39 is 24.4 Å². The van der Waals surface area contributed by atoms with Crippen LogP contribution < -0.4 is 31.3 Å². The van der Waals surface area contributed by atoms with E-state index in [4.69, 9.17) is 14.4 Å². The fourth-order valence-corrected chi connectivity index (χ4v) is 3.97. The standard InChI is InChI=1S/C22H30F2N9O4.C2H6.H3N.Y/c1-3-35-19-13-27-17(12-28-19)29-21(34)32(2)16-14-33(11-7-22(16,23)24)20-26-10-6-18(30-20)37-31-36-15-4-8-25-9-5-15;1-2;;/h6,10,12-13,15-16,25H,3-5,7-9,11,14H2,1-2H3,(H,27,29,34);1-2H3;1H3;/q-1;;;. The molecule has 2 amide bonds. The number of alkyl halides is 2. The Morgan fingerprint density at radius 3 is 2.61 bits per heavy atom. The number of urea groups is 1. The number of nitrogens with one attached hydrogen (secondary N) is 2. The van der Waals surface area contributed by atoms with Crippen molar-refractivity contribution in [3.05, 3.63) is 30.3 Å². The Morgan fingerprint density at radius 1 is 1.22 bits per heavy atom. The predicted molar refractivity (Wildman–Crippen MR) is 145 cm³/mol. The van der Waals surface area contributed by atoms with Crippen LogP contribution in [0.5, 0.6) is 11.8 Å². The first-order valence-electron chi connectivity index (χ1n) is 13.0. The summed E-state index contributed by atoms with van der Waals surface area (Å²) < 4.78 is 35.0. The molecule has 1 radical (unpaired) electrons. The first kappa shape index (κ1) is 36.7. The maximum absolute atomic E-state index is 14.9. The minimum atomic E-state index is -3.13. The number of likely N-dealkylation sites (N-methyl/N-ethyl adjacent to an activating group) is 1. The number of anilines is 2. The number of hydrogen-bond donors (Lipinski definition) is 3. The molecule has 2 fully saturated rings. The van der Waals surface area contributed by atoms with E-state index in [9.17, 15) is 13.6 Å². The van der Waals surface area contributed by atoms with Gasteiger partial charge >= 0.3 is 6.03 Å². The molecule has 2 aromatic rings. The summed E-state index contributed by atoms with van der Waals surface area (Å²) in [5, 5.41) is 5.71. The third-order valence-corrected chi connectivity index (χ3v) is 6.05. The first-order valence-corrected chi connectivity index (χ1v) is 13.0. The SMILES string of the molecule is CC.CCOc1cnc(NC(=O)N(C)C2CN(c3nccc(O[N-]OC4CCNCC4)n3)CCC2(F)F)cn1.N.[Y]. The Morgan fingerprint density at radius 2 is 1.95 bits per heavy atom. The van der Waals surface area contributed by atoms with E-state index in [2.05, 4.69) is 36.2 Å². The number of carbonyl (C=O) groups excluding carboxylic acids is 1. The molecule has 17 heteroatoms. The molecule has 0 aliphatic carbocycles. The smallest absolute Gasteiger partial charge is 0.323 e. The molecule has 0 saturated carbocycles. The quantitative estimate of drug-likeness (QED) is 0.336. The Labute approximate surface area is 264 Å². The number of carbonyl (C=O) groups is 1. The Kier molecular flexibility index (Phi) is 16.3. The van der Waals surface area contributed by atoms with E-state index in [1.54, 1.807) is 11.8 Å². The van der Waals surface area contributed by atoms with Gasteiger partial charge in [-0.1, -0.05) is 13.8 Å². The summed E-state index contributed by atoms with van der Waals surface area (Å²) in [6.07, 6.45) is 5.18. The van der Waals surface area contributed by atoms with Crippen molar-refractivity contribution in [1.82, 2.24) is 36.3 Å². The van der Waals surface area contributed by atoms with Gasteiger partial charge in [-0.3, -0.25) is 5.32 Å². The molecule has 1 unspecified atom stereocenters. The van der Waals surface area contributed by atoms with Crippen LogP contribution in [0.15, 0.2) is 24.7 Å². The number of hydrogen-bond acceptors (Lipinski definition) is 11. The number of piperidine rings is 2. The zero-order valence-corrected chi connectivity index (χ0v) is 26.8. The van der Waals surface area contributed by atoms with Crippen LogP contribution in [0.3, 0.4) is 0 Å². The fourth-order valence-electron chi connectivity index (χ4n) is 3.97. The molecule has 4 heterocycles. The second kappa shape index (κ2) is 18.2. The largest absolute Gasteiger partial charge is 0.551 e. The second-order valence-corrected chi connectivity index (χ2v) is 8.60. The number of halogens is 2. The summed E-state index contributed by atoms with van der Waals surface area (Å²) in [6.45, 7) is 7.70. The number of ether oxygens (including phenoxy) is 1. The van der Waals surface area contributed by atoms with Crippen LogP contribution in [0.25, 0.3) is 5.64 Å². The van der Waals surface area contributed by atoms with E-state index in [1.165, 1.54) is 31.7 Å². The summed E-state index contributed by atoms with van der Waals surface area (Å²) in [4.78, 5) is 42.4. The van der Waals surface area contributed by atoms with Crippen molar-refractivity contribution in [1.29, 1.82) is 0 Å². The van der Waals surface area contributed by atoms with E-state index in [1.807, 2.05) is 13.8 Å². The van der Waals surface area contributed by atoms with Gasteiger partial charge < -0.3 is 41.3 Å². The molecule has 0 aromatic carbocycles. The van der Waals surface area contributed by atoms with E-state index in [0.29, 0.717) is 12.5 Å². The monoisotopic (exact) mass is 658 g/mol. The van der Waals surface area contributed by atoms with E-state index in [0.717, 1.165) is 30.8 Å². The number of rotatable bonds is 9. The molecule has 227 valence electrons. The molecular formula is C24H39F2N10O4Y-. The van der Waals surface area contributed by atoms with E-state index in [-0.39, 0.29) is 75.7 Å². The van der Waals surface area contributed by atoms with Gasteiger partial charge in [0.25, 0.3) is 5.92 Å². The van der Waals surface area contributed by atoms with Crippen molar-refractivity contribution in [3.63, 3.8) is 0 Å². The van der Waals surface area contributed by atoms with Crippen molar-refractivity contribution in [2.75, 3.05) is 50.1 Å². The van der Waals surface area contributed by atoms with Crippen molar-refractivity contribution < 1.29 is 60.7 Å². The Balaban J connectivity index is 0.00000206. The van der Waals surface area contributed by atoms with Crippen molar-refractivity contribution in [2.24, 2.45) is 0 Å². The molecule has 5 N–H and O–H groups in total. The Bertz CT molecular complexity index is 1040. The van der Waals surface area contributed by atoms with Gasteiger partial charge in [-0.2, -0.15) is 4.98 Å². The maximum Gasteiger partial charge on any atom is 0.323 e. The molecule has 2 aliphatic rings. The van der Waals surface area contributed by atoms with Crippen LogP contribution >= 0.6 is 0 Å². The van der Waals surface area contributed by atoms with Gasteiger partial charge in [-0.25, -0.2) is 28.5 Å². The number of aromatic nitrogens is 4. The summed E-state index contributed by atoms with van der Waals surface area (Å²) in [5.41, 5.74) is 3.66. The molecule has 2 aromatic heterocycles. The van der Waals surface area contributed by atoms with Gasteiger partial charge in [0.15, 0.2) is 5.82 Å². The van der Waals surface area contributed by atoms with Crippen LogP contribution in [-0.2, 0) is 37.5 Å². The second-order valence-electron chi connectivity index (χ2n) is 8.60. The molecule has 1 atom stereocenters. The van der Waals surface area contributed by atoms with Gasteiger partial charge in [-0.05, 0) is 32.9 Å². The molecule has 2 saturated heterocycles. The van der Waals surface area contributed by atoms with E-state index >= 15 is 0 Å². The van der Waals surface area contributed by atoms with Gasteiger partial charge in [-0.15, -0.1) is 0 Å². The molecule has 2 aliphatic heterocycles. The zero-order chi connectivity index (χ0) is 28.3. The third kappa shape index (κ3) is 10.8. The number of nitrogens with zero attached hydrogens (tertiary/aromatic N) is 7. The van der Waals surface area contributed by atoms with Crippen molar-refractivity contribution >= 4 is 17.8 Å². The topological polar surface area (TPSA) is 176 Å². The predicted octanol–water partition coefficient (Wildman–Crippen LogP) is 3.58. The van der Waals surface area contributed by atoms with Crippen LogP contribution in [0.1, 0.15) is 40.0 Å². The Hall–Kier alpha value is -2.37. The average Bonchev–Trinajstić information content (AvgIpc) is 2.95. The van der Waals surface area contributed by atoms with Gasteiger partial charge in [0.2, 0.25) is 17.7 Å². The summed E-state index contributed by atoms with van der Waals surface area (Å²) in [5.74, 6) is -2.42. The molecular weight excluding hydrogens is 619 g/mol. The van der Waals surface area contributed by atoms with Crippen LogP contribution in [0, 0.1) is 0 Å². The number of amides is 2. The van der Waals surface area contributed by atoms with Gasteiger partial charge in [0, 0.05) is 77.6 Å². The average molecular weight is 659 g/mol. The van der Waals surface area contributed by atoms with Crippen molar-refractivity contribution in [3.8, 4) is 11.8 Å². The molecule has 14 nitrogen and oxygen atoms in total. The summed E-state index contributed by atoms with van der Waals surface area (Å²) in [6, 6.07) is -0.707. The minimum absolute atomic E-state index is 0. The minimum Gasteiger partial charge on any atom is -0.551 e. The van der Waals surface area contributed by atoms with Crippen LogP contribution in [0.2, 0.25) is 0 Å². The molecule has 4 rings (SSSR count). The molecule has 0 spiro atoms.